The van der Waals surface area contributed by atoms with Gasteiger partial charge in [-0.15, -0.1) is 0 Å². The number of amides is 2. The highest BCUT2D eigenvalue weighted by molar-refractivity contribution is 5.77. The van der Waals surface area contributed by atoms with Gasteiger partial charge in [-0.3, -0.25) is 9.59 Å². The second kappa shape index (κ2) is 7.97. The third kappa shape index (κ3) is 5.05. The fourth-order valence-corrected chi connectivity index (χ4v) is 2.02. The van der Waals surface area contributed by atoms with Crippen molar-refractivity contribution >= 4 is 11.8 Å². The molecule has 0 saturated carbocycles. The van der Waals surface area contributed by atoms with E-state index >= 15 is 0 Å². The molecule has 1 aromatic heterocycles. The molecule has 2 amide bonds. The molecule has 1 aromatic carbocycles. The molecule has 0 radical (unpaired) electrons. The van der Waals surface area contributed by atoms with Crippen LogP contribution in [0.3, 0.4) is 0 Å². The fraction of sp³-hybridized carbons (Fsp3) is 0.312. The molecule has 0 atom stereocenters. The molecule has 0 fully saturated rings. The second-order valence-electron chi connectivity index (χ2n) is 4.95. The summed E-state index contributed by atoms with van der Waals surface area (Å²) in [5.74, 6) is -0.174. The molecule has 2 rings (SSSR count). The average Bonchev–Trinajstić information content (AvgIpc) is 3.02. The van der Waals surface area contributed by atoms with E-state index < -0.39 is 0 Å². The monoisotopic (exact) mass is 300 g/mol. The lowest BCUT2D eigenvalue weighted by atomic mass is 10.1. The number of carbonyl (C=O) groups excluding carboxylic acids is 2. The standard InChI is InChI=1S/C16H20N4O2/c1-13(21)17-11-8-16(22)18-10-7-14-3-5-15(6-4-14)20-12-2-9-19-20/h2-6,9,12H,7-8,10-11H2,1H3,(H,17,21)(H,18,22). The molecule has 1 heterocycles. The van der Waals surface area contributed by atoms with Crippen molar-refractivity contribution in [3.63, 3.8) is 0 Å². The van der Waals surface area contributed by atoms with E-state index in [1.807, 2.05) is 36.5 Å². The molecule has 0 bridgehead atoms. The van der Waals surface area contributed by atoms with E-state index in [0.717, 1.165) is 17.7 Å². The number of carbonyl (C=O) groups is 2. The predicted octanol–water partition coefficient (Wildman–Crippen LogP) is 1.06. The summed E-state index contributed by atoms with van der Waals surface area (Å²) < 4.78 is 1.80. The average molecular weight is 300 g/mol. The number of nitrogens with one attached hydrogen (secondary N) is 2. The Hall–Kier alpha value is -2.63. The zero-order valence-electron chi connectivity index (χ0n) is 12.6. The number of benzene rings is 1. The van der Waals surface area contributed by atoms with Crippen LogP contribution in [0.5, 0.6) is 0 Å². The van der Waals surface area contributed by atoms with Crippen molar-refractivity contribution in [2.24, 2.45) is 0 Å². The van der Waals surface area contributed by atoms with Crippen LogP contribution in [0.15, 0.2) is 42.7 Å². The summed E-state index contributed by atoms with van der Waals surface area (Å²) in [5.41, 5.74) is 2.16. The lowest BCUT2D eigenvalue weighted by Crippen LogP contribution is -2.30. The number of hydrogen-bond acceptors (Lipinski definition) is 3. The van der Waals surface area contributed by atoms with Crippen molar-refractivity contribution in [3.05, 3.63) is 48.3 Å². The van der Waals surface area contributed by atoms with Crippen molar-refractivity contribution in [1.82, 2.24) is 20.4 Å². The van der Waals surface area contributed by atoms with E-state index in [2.05, 4.69) is 15.7 Å². The van der Waals surface area contributed by atoms with Gasteiger partial charge in [0.2, 0.25) is 11.8 Å². The molecule has 0 unspecified atom stereocenters. The van der Waals surface area contributed by atoms with Crippen LogP contribution in [0, 0.1) is 0 Å². The Labute approximate surface area is 129 Å². The van der Waals surface area contributed by atoms with E-state index in [1.54, 1.807) is 10.9 Å². The number of nitrogens with zero attached hydrogens (tertiary/aromatic N) is 2. The summed E-state index contributed by atoms with van der Waals surface area (Å²) in [6.45, 7) is 2.39. The molecule has 22 heavy (non-hydrogen) atoms. The summed E-state index contributed by atoms with van der Waals surface area (Å²) in [5, 5.41) is 9.61. The van der Waals surface area contributed by atoms with Crippen molar-refractivity contribution in [2.45, 2.75) is 19.8 Å². The van der Waals surface area contributed by atoms with Crippen molar-refractivity contribution in [1.29, 1.82) is 0 Å². The first-order valence-electron chi connectivity index (χ1n) is 7.25. The van der Waals surface area contributed by atoms with E-state index in [0.29, 0.717) is 19.5 Å². The SMILES string of the molecule is CC(=O)NCCC(=O)NCCc1ccc(-n2cccn2)cc1. The molecule has 116 valence electrons. The van der Waals surface area contributed by atoms with Gasteiger partial charge in [-0.1, -0.05) is 12.1 Å². The largest absolute Gasteiger partial charge is 0.356 e. The fourth-order valence-electron chi connectivity index (χ4n) is 2.02. The summed E-state index contributed by atoms with van der Waals surface area (Å²) in [4.78, 5) is 22.2. The lowest BCUT2D eigenvalue weighted by molar-refractivity contribution is -0.121. The maximum Gasteiger partial charge on any atom is 0.221 e. The zero-order chi connectivity index (χ0) is 15.8. The molecule has 0 aliphatic heterocycles. The van der Waals surface area contributed by atoms with Crippen LogP contribution >= 0.6 is 0 Å². The first-order valence-corrected chi connectivity index (χ1v) is 7.25. The van der Waals surface area contributed by atoms with Gasteiger partial charge in [0.1, 0.15) is 0 Å². The van der Waals surface area contributed by atoms with Crippen LogP contribution in [0.4, 0.5) is 0 Å². The Morgan fingerprint density at radius 3 is 2.55 bits per heavy atom. The minimum atomic E-state index is -0.120. The Kier molecular flexibility index (Phi) is 5.71. The highest BCUT2D eigenvalue weighted by atomic mass is 16.2. The summed E-state index contributed by atoms with van der Waals surface area (Å²) in [6, 6.07) is 9.94. The smallest absolute Gasteiger partial charge is 0.221 e. The molecule has 0 aliphatic rings. The molecule has 0 aliphatic carbocycles. The number of hydrogen-bond donors (Lipinski definition) is 2. The highest BCUT2D eigenvalue weighted by Gasteiger charge is 2.02. The molecule has 2 aromatic rings. The molecular formula is C16H20N4O2. The number of rotatable bonds is 7. The maximum absolute atomic E-state index is 11.6. The summed E-state index contributed by atoms with van der Waals surface area (Å²) in [6.07, 6.45) is 4.71. The van der Waals surface area contributed by atoms with E-state index in [9.17, 15) is 9.59 Å². The Morgan fingerprint density at radius 1 is 1.14 bits per heavy atom. The molecule has 0 saturated heterocycles. The van der Waals surface area contributed by atoms with Gasteiger partial charge in [-0.25, -0.2) is 4.68 Å². The first kappa shape index (κ1) is 15.8. The van der Waals surface area contributed by atoms with Gasteiger partial charge in [0.05, 0.1) is 5.69 Å². The van der Waals surface area contributed by atoms with Gasteiger partial charge in [0.15, 0.2) is 0 Å². The Morgan fingerprint density at radius 2 is 1.91 bits per heavy atom. The van der Waals surface area contributed by atoms with Gasteiger partial charge in [0.25, 0.3) is 0 Å². The van der Waals surface area contributed by atoms with Crippen LogP contribution in [-0.2, 0) is 16.0 Å². The van der Waals surface area contributed by atoms with Crippen molar-refractivity contribution in [2.75, 3.05) is 13.1 Å². The van der Waals surface area contributed by atoms with Gasteiger partial charge >= 0.3 is 0 Å². The van der Waals surface area contributed by atoms with Crippen LogP contribution in [0.2, 0.25) is 0 Å². The van der Waals surface area contributed by atoms with E-state index in [4.69, 9.17) is 0 Å². The molecular weight excluding hydrogens is 280 g/mol. The number of aromatic nitrogens is 2. The van der Waals surface area contributed by atoms with Crippen LogP contribution < -0.4 is 10.6 Å². The van der Waals surface area contributed by atoms with Crippen molar-refractivity contribution in [3.8, 4) is 5.69 Å². The van der Waals surface area contributed by atoms with Gasteiger partial charge in [-0.05, 0) is 30.2 Å². The highest BCUT2D eigenvalue weighted by Crippen LogP contribution is 2.08. The Bertz CT molecular complexity index is 606. The quantitative estimate of drug-likeness (QED) is 0.802. The van der Waals surface area contributed by atoms with E-state index in [1.165, 1.54) is 6.92 Å². The third-order valence-electron chi connectivity index (χ3n) is 3.17. The predicted molar refractivity (Wildman–Crippen MR) is 83.6 cm³/mol. The minimum absolute atomic E-state index is 0.0538. The third-order valence-corrected chi connectivity index (χ3v) is 3.17. The molecule has 0 spiro atoms. The summed E-state index contributed by atoms with van der Waals surface area (Å²) in [7, 11) is 0. The zero-order valence-corrected chi connectivity index (χ0v) is 12.6. The maximum atomic E-state index is 11.6. The van der Waals surface area contributed by atoms with Crippen molar-refractivity contribution < 1.29 is 9.59 Å². The first-order chi connectivity index (χ1) is 10.6. The van der Waals surface area contributed by atoms with Crippen LogP contribution in [-0.4, -0.2) is 34.7 Å². The van der Waals surface area contributed by atoms with Gasteiger partial charge in [0, 0.05) is 38.8 Å². The normalized spacial score (nSPS) is 10.2. The minimum Gasteiger partial charge on any atom is -0.356 e. The van der Waals surface area contributed by atoms with Crippen LogP contribution in [0.25, 0.3) is 5.69 Å². The molecule has 6 heteroatoms. The molecule has 2 N–H and O–H groups in total. The van der Waals surface area contributed by atoms with Crippen LogP contribution in [0.1, 0.15) is 18.9 Å². The summed E-state index contributed by atoms with van der Waals surface area (Å²) >= 11 is 0. The van der Waals surface area contributed by atoms with E-state index in [-0.39, 0.29) is 11.8 Å². The Balaban J connectivity index is 1.71. The topological polar surface area (TPSA) is 76.0 Å². The lowest BCUT2D eigenvalue weighted by Gasteiger charge is -2.07. The van der Waals surface area contributed by atoms with Gasteiger partial charge < -0.3 is 10.6 Å². The molecule has 6 nitrogen and oxygen atoms in total. The second-order valence-corrected chi connectivity index (χ2v) is 4.95. The van der Waals surface area contributed by atoms with Gasteiger partial charge in [-0.2, -0.15) is 5.10 Å².